The van der Waals surface area contributed by atoms with Gasteiger partial charge in [-0.3, -0.25) is 4.79 Å². The SMILES string of the molecule is Cc1cccc(NC(=O)COC(=O)c2ccccc2Sc2ccccc2C#N)c1. The second-order valence-corrected chi connectivity index (χ2v) is 7.28. The summed E-state index contributed by atoms with van der Waals surface area (Å²) in [5.74, 6) is -1.01. The van der Waals surface area contributed by atoms with Crippen molar-refractivity contribution in [2.24, 2.45) is 0 Å². The van der Waals surface area contributed by atoms with Crippen LogP contribution in [0.4, 0.5) is 5.69 Å². The van der Waals surface area contributed by atoms with Crippen LogP contribution in [0.2, 0.25) is 0 Å². The summed E-state index contributed by atoms with van der Waals surface area (Å²) in [6.45, 7) is 1.54. The topological polar surface area (TPSA) is 79.2 Å². The first kappa shape index (κ1) is 20.2. The van der Waals surface area contributed by atoms with Gasteiger partial charge in [-0.25, -0.2) is 4.79 Å². The van der Waals surface area contributed by atoms with Crippen molar-refractivity contribution >= 4 is 29.3 Å². The molecule has 3 aromatic carbocycles. The summed E-state index contributed by atoms with van der Waals surface area (Å²) >= 11 is 1.31. The average molecular weight is 402 g/mol. The molecule has 3 aromatic rings. The first-order valence-corrected chi connectivity index (χ1v) is 9.68. The van der Waals surface area contributed by atoms with Crippen LogP contribution >= 0.6 is 11.8 Å². The fourth-order valence-electron chi connectivity index (χ4n) is 2.62. The van der Waals surface area contributed by atoms with Crippen LogP contribution in [0.3, 0.4) is 0 Å². The van der Waals surface area contributed by atoms with Crippen LogP contribution in [-0.2, 0) is 9.53 Å². The van der Waals surface area contributed by atoms with E-state index in [4.69, 9.17) is 4.74 Å². The smallest absolute Gasteiger partial charge is 0.339 e. The second-order valence-electron chi connectivity index (χ2n) is 6.20. The van der Waals surface area contributed by atoms with Gasteiger partial charge in [-0.15, -0.1) is 0 Å². The van der Waals surface area contributed by atoms with Crippen molar-refractivity contribution in [3.8, 4) is 6.07 Å². The van der Waals surface area contributed by atoms with E-state index < -0.39 is 11.9 Å². The van der Waals surface area contributed by atoms with Gasteiger partial charge in [0.25, 0.3) is 5.91 Å². The number of aryl methyl sites for hydroxylation is 1. The van der Waals surface area contributed by atoms with Crippen molar-refractivity contribution < 1.29 is 14.3 Å². The molecule has 6 heteroatoms. The fourth-order valence-corrected chi connectivity index (χ4v) is 3.63. The zero-order valence-electron chi connectivity index (χ0n) is 15.7. The largest absolute Gasteiger partial charge is 0.452 e. The van der Waals surface area contributed by atoms with Crippen LogP contribution < -0.4 is 5.32 Å². The maximum absolute atomic E-state index is 12.5. The summed E-state index contributed by atoms with van der Waals surface area (Å²) in [6, 6.07) is 23.6. The molecule has 0 fully saturated rings. The summed E-state index contributed by atoms with van der Waals surface area (Å²) in [6.07, 6.45) is 0. The Morgan fingerprint density at radius 1 is 1.00 bits per heavy atom. The molecule has 29 heavy (non-hydrogen) atoms. The number of hydrogen-bond acceptors (Lipinski definition) is 5. The standard InChI is InChI=1S/C23H18N2O3S/c1-16-7-6-9-18(13-16)25-22(26)15-28-23(27)19-10-3-5-12-21(19)29-20-11-4-2-8-17(20)14-24/h2-13H,15H2,1H3,(H,25,26). The van der Waals surface area contributed by atoms with E-state index in [1.165, 1.54) is 11.8 Å². The van der Waals surface area contributed by atoms with E-state index in [0.29, 0.717) is 21.7 Å². The summed E-state index contributed by atoms with van der Waals surface area (Å²) in [5, 5.41) is 12.0. The molecule has 0 aromatic heterocycles. The van der Waals surface area contributed by atoms with Crippen molar-refractivity contribution in [2.45, 2.75) is 16.7 Å². The minimum absolute atomic E-state index is 0.341. The molecule has 0 spiro atoms. The highest BCUT2D eigenvalue weighted by Gasteiger charge is 2.16. The summed E-state index contributed by atoms with van der Waals surface area (Å²) in [4.78, 5) is 26.0. The molecular weight excluding hydrogens is 384 g/mol. The number of carbonyl (C=O) groups excluding carboxylic acids is 2. The van der Waals surface area contributed by atoms with E-state index in [-0.39, 0.29) is 6.61 Å². The minimum atomic E-state index is -0.595. The number of nitrogens with one attached hydrogen (secondary N) is 1. The van der Waals surface area contributed by atoms with Gasteiger partial charge in [0.2, 0.25) is 0 Å². The number of nitrogens with zero attached hydrogens (tertiary/aromatic N) is 1. The van der Waals surface area contributed by atoms with Crippen LogP contribution in [0.5, 0.6) is 0 Å². The summed E-state index contributed by atoms with van der Waals surface area (Å²) in [5.41, 5.74) is 2.53. The van der Waals surface area contributed by atoms with Gasteiger partial charge >= 0.3 is 5.97 Å². The number of ether oxygens (including phenoxy) is 1. The summed E-state index contributed by atoms with van der Waals surface area (Å²) < 4.78 is 5.20. The molecule has 0 radical (unpaired) electrons. The molecule has 5 nitrogen and oxygen atoms in total. The molecule has 0 saturated heterocycles. The predicted octanol–water partition coefficient (Wildman–Crippen LogP) is 4.81. The minimum Gasteiger partial charge on any atom is -0.452 e. The van der Waals surface area contributed by atoms with Crippen LogP contribution in [0.1, 0.15) is 21.5 Å². The van der Waals surface area contributed by atoms with Crippen molar-refractivity contribution in [3.05, 3.63) is 89.5 Å². The number of esters is 1. The fraction of sp³-hybridized carbons (Fsp3) is 0.0870. The molecule has 1 N–H and O–H groups in total. The van der Waals surface area contributed by atoms with Crippen LogP contribution in [0.15, 0.2) is 82.6 Å². The van der Waals surface area contributed by atoms with Crippen molar-refractivity contribution in [1.29, 1.82) is 5.26 Å². The lowest BCUT2D eigenvalue weighted by Gasteiger charge is -2.10. The molecule has 0 saturated carbocycles. The maximum Gasteiger partial charge on any atom is 0.339 e. The maximum atomic E-state index is 12.5. The Balaban J connectivity index is 1.67. The summed E-state index contributed by atoms with van der Waals surface area (Å²) in [7, 11) is 0. The van der Waals surface area contributed by atoms with Crippen LogP contribution in [0, 0.1) is 18.3 Å². The molecule has 144 valence electrons. The number of rotatable bonds is 6. The van der Waals surface area contributed by atoms with Crippen LogP contribution in [0.25, 0.3) is 0 Å². The number of nitriles is 1. The highest BCUT2D eigenvalue weighted by molar-refractivity contribution is 7.99. The van der Waals surface area contributed by atoms with Gasteiger partial charge in [0.15, 0.2) is 6.61 Å². The third-order valence-corrected chi connectivity index (χ3v) is 5.12. The highest BCUT2D eigenvalue weighted by Crippen LogP contribution is 2.32. The molecule has 0 aliphatic heterocycles. The molecule has 0 aliphatic carbocycles. The van der Waals surface area contributed by atoms with E-state index in [0.717, 1.165) is 10.5 Å². The molecule has 0 aliphatic rings. The van der Waals surface area contributed by atoms with E-state index in [2.05, 4.69) is 11.4 Å². The number of carbonyl (C=O) groups is 2. The van der Waals surface area contributed by atoms with Crippen molar-refractivity contribution in [3.63, 3.8) is 0 Å². The molecular formula is C23H18N2O3S. The third kappa shape index (κ3) is 5.47. The Kier molecular flexibility index (Phi) is 6.67. The first-order chi connectivity index (χ1) is 14.1. The van der Waals surface area contributed by atoms with Crippen molar-refractivity contribution in [1.82, 2.24) is 0 Å². The Morgan fingerprint density at radius 2 is 1.72 bits per heavy atom. The molecule has 0 heterocycles. The van der Waals surface area contributed by atoms with Gasteiger partial charge in [0.1, 0.15) is 6.07 Å². The quantitative estimate of drug-likeness (QED) is 0.599. The van der Waals surface area contributed by atoms with E-state index in [1.807, 2.05) is 37.3 Å². The zero-order chi connectivity index (χ0) is 20.6. The number of benzene rings is 3. The van der Waals surface area contributed by atoms with Gasteiger partial charge in [-0.2, -0.15) is 5.26 Å². The predicted molar refractivity (Wildman–Crippen MR) is 112 cm³/mol. The number of amides is 1. The highest BCUT2D eigenvalue weighted by atomic mass is 32.2. The molecule has 0 unspecified atom stereocenters. The van der Waals surface area contributed by atoms with Crippen LogP contribution in [-0.4, -0.2) is 18.5 Å². The monoisotopic (exact) mass is 402 g/mol. The lowest BCUT2D eigenvalue weighted by molar-refractivity contribution is -0.119. The zero-order valence-corrected chi connectivity index (χ0v) is 16.5. The van der Waals surface area contributed by atoms with E-state index >= 15 is 0 Å². The second kappa shape index (κ2) is 9.58. The van der Waals surface area contributed by atoms with Gasteiger partial charge in [-0.1, -0.05) is 48.2 Å². The van der Waals surface area contributed by atoms with E-state index in [9.17, 15) is 14.9 Å². The molecule has 1 amide bonds. The first-order valence-electron chi connectivity index (χ1n) is 8.86. The van der Waals surface area contributed by atoms with Gasteiger partial charge in [0.05, 0.1) is 11.1 Å². The van der Waals surface area contributed by atoms with Gasteiger partial charge < -0.3 is 10.1 Å². The molecule has 0 bridgehead atoms. The lowest BCUT2D eigenvalue weighted by Crippen LogP contribution is -2.21. The Labute approximate surface area is 173 Å². The van der Waals surface area contributed by atoms with Gasteiger partial charge in [-0.05, 0) is 48.9 Å². The molecule has 0 atom stereocenters. The Bertz CT molecular complexity index is 1090. The van der Waals surface area contributed by atoms with E-state index in [1.54, 1.807) is 42.5 Å². The Hall–Kier alpha value is -3.56. The lowest BCUT2D eigenvalue weighted by atomic mass is 10.2. The normalized spacial score (nSPS) is 10.1. The van der Waals surface area contributed by atoms with Crippen molar-refractivity contribution in [2.75, 3.05) is 11.9 Å². The molecule has 3 rings (SSSR count). The number of hydrogen-bond donors (Lipinski definition) is 1. The average Bonchev–Trinajstić information content (AvgIpc) is 2.73. The number of anilines is 1. The Morgan fingerprint density at radius 3 is 2.48 bits per heavy atom. The third-order valence-electron chi connectivity index (χ3n) is 3.97. The van der Waals surface area contributed by atoms with Gasteiger partial charge in [0, 0.05) is 15.5 Å².